The van der Waals surface area contributed by atoms with Crippen molar-refractivity contribution in [3.05, 3.63) is 35.8 Å². The smallest absolute Gasteiger partial charge is 0.318 e. The molecule has 0 bridgehead atoms. The Labute approximate surface area is 188 Å². The van der Waals surface area contributed by atoms with Crippen molar-refractivity contribution < 1.29 is 21.6 Å². The lowest BCUT2D eigenvalue weighted by molar-refractivity contribution is -0.147. The molecule has 12 heteroatoms. The van der Waals surface area contributed by atoms with Crippen LogP contribution in [0.25, 0.3) is 22.6 Å². The Morgan fingerprint density at radius 3 is 2.42 bits per heavy atom. The maximum atomic E-state index is 12.8. The fraction of sp³-hybridized carbons (Fsp3) is 0.429. The summed E-state index contributed by atoms with van der Waals surface area (Å²) in [7, 11) is -4.49. The number of hydrogen-bond donors (Lipinski definition) is 1. The molecular weight excluding hydrogens is 457 g/mol. The van der Waals surface area contributed by atoms with Gasteiger partial charge in [-0.2, -0.15) is 23.2 Å². The molecule has 0 unspecified atom stereocenters. The van der Waals surface area contributed by atoms with Gasteiger partial charge >= 0.3 is 6.18 Å². The number of hydrogen-bond acceptors (Lipinski definition) is 6. The number of aryl methyl sites for hydroxylation is 1. The van der Waals surface area contributed by atoms with Gasteiger partial charge in [0.1, 0.15) is 28.3 Å². The first-order chi connectivity index (χ1) is 15.6. The molecule has 1 atom stereocenters. The maximum absolute atomic E-state index is 12.8. The molecule has 1 aliphatic carbocycles. The van der Waals surface area contributed by atoms with E-state index >= 15 is 0 Å². The lowest BCUT2D eigenvalue weighted by Crippen LogP contribution is -2.43. The van der Waals surface area contributed by atoms with Crippen LogP contribution in [0, 0.1) is 11.3 Å². The van der Waals surface area contributed by atoms with Crippen LogP contribution < -0.4 is 4.72 Å². The van der Waals surface area contributed by atoms with Crippen LogP contribution in [0.15, 0.2) is 29.6 Å². The van der Waals surface area contributed by atoms with E-state index in [1.807, 2.05) is 17.6 Å². The average molecular weight is 479 g/mol. The van der Waals surface area contributed by atoms with Gasteiger partial charge in [0.25, 0.3) is 0 Å². The SMILES string of the molecule is CCc1cnc2c(c1)c(C#N)c(-c1ncc(S(=O)(=O)N[C@H](C)C(F)(F)F)cn1)n2C1CCC1. The van der Waals surface area contributed by atoms with Gasteiger partial charge < -0.3 is 4.57 Å². The van der Waals surface area contributed by atoms with Gasteiger partial charge in [-0.15, -0.1) is 0 Å². The molecule has 33 heavy (non-hydrogen) atoms. The number of pyridine rings is 1. The highest BCUT2D eigenvalue weighted by Crippen LogP contribution is 2.41. The molecule has 0 spiro atoms. The summed E-state index contributed by atoms with van der Waals surface area (Å²) >= 11 is 0. The summed E-state index contributed by atoms with van der Waals surface area (Å²) in [4.78, 5) is 12.3. The largest absolute Gasteiger partial charge is 0.404 e. The molecular formula is C21H21F3N6O2S. The van der Waals surface area contributed by atoms with Crippen LogP contribution in [0.3, 0.4) is 0 Å². The monoisotopic (exact) mass is 478 g/mol. The van der Waals surface area contributed by atoms with Gasteiger partial charge in [-0.25, -0.2) is 23.4 Å². The molecule has 3 aromatic heterocycles. The zero-order chi connectivity index (χ0) is 24.0. The topological polar surface area (TPSA) is 114 Å². The van der Waals surface area contributed by atoms with Gasteiger partial charge in [-0.1, -0.05) is 6.92 Å². The quantitative estimate of drug-likeness (QED) is 0.575. The standard InChI is InChI=1S/C21H21F3N6O2S/c1-3-13-7-16-17(8-25)18(30(14-5-4-6-14)20(16)28-9-13)19-26-10-15(11-27-19)33(31,32)29-12(2)21(22,23)24/h7,9-12,14,29H,3-6H2,1-2H3/t12-/m1/s1. The summed E-state index contributed by atoms with van der Waals surface area (Å²) < 4.78 is 66.5. The van der Waals surface area contributed by atoms with Crippen LogP contribution in [0.2, 0.25) is 0 Å². The Kier molecular flexibility index (Phi) is 5.88. The van der Waals surface area contributed by atoms with Crippen molar-refractivity contribution in [1.29, 1.82) is 5.26 Å². The van der Waals surface area contributed by atoms with Crippen LogP contribution in [-0.4, -0.2) is 40.2 Å². The molecule has 1 saturated carbocycles. The van der Waals surface area contributed by atoms with Crippen molar-refractivity contribution in [2.45, 2.75) is 62.7 Å². The van der Waals surface area contributed by atoms with Crippen LogP contribution in [0.5, 0.6) is 0 Å². The lowest BCUT2D eigenvalue weighted by atomic mass is 9.92. The molecule has 0 aromatic carbocycles. The lowest BCUT2D eigenvalue weighted by Gasteiger charge is -2.29. The van der Waals surface area contributed by atoms with Gasteiger partial charge in [0.15, 0.2) is 5.82 Å². The molecule has 1 N–H and O–H groups in total. The molecule has 0 aliphatic heterocycles. The summed E-state index contributed by atoms with van der Waals surface area (Å²) in [5.41, 5.74) is 2.35. The van der Waals surface area contributed by atoms with E-state index in [9.17, 15) is 26.9 Å². The highest BCUT2D eigenvalue weighted by atomic mass is 32.2. The molecule has 174 valence electrons. The van der Waals surface area contributed by atoms with E-state index in [-0.39, 0.29) is 11.9 Å². The number of aromatic nitrogens is 4. The Morgan fingerprint density at radius 1 is 1.24 bits per heavy atom. The number of nitrogens with one attached hydrogen (secondary N) is 1. The Balaban J connectivity index is 1.80. The molecule has 0 radical (unpaired) electrons. The minimum absolute atomic E-state index is 0.103. The number of rotatable bonds is 6. The second-order valence-electron chi connectivity index (χ2n) is 7.99. The summed E-state index contributed by atoms with van der Waals surface area (Å²) in [6.45, 7) is 2.69. The van der Waals surface area contributed by atoms with Gasteiger partial charge in [0.05, 0.1) is 18.0 Å². The zero-order valence-electron chi connectivity index (χ0n) is 17.9. The van der Waals surface area contributed by atoms with Crippen molar-refractivity contribution >= 4 is 21.1 Å². The molecule has 1 fully saturated rings. The number of nitrogens with zero attached hydrogens (tertiary/aromatic N) is 5. The Bertz CT molecular complexity index is 1340. The third kappa shape index (κ3) is 4.18. The third-order valence-corrected chi connectivity index (χ3v) is 7.33. The van der Waals surface area contributed by atoms with E-state index in [0.29, 0.717) is 29.2 Å². The number of sulfonamides is 1. The van der Waals surface area contributed by atoms with Gasteiger partial charge in [-0.05, 0) is 44.2 Å². The fourth-order valence-electron chi connectivity index (χ4n) is 3.70. The molecule has 0 amide bonds. The molecule has 3 aromatic rings. The highest BCUT2D eigenvalue weighted by molar-refractivity contribution is 7.89. The number of fused-ring (bicyclic) bond motifs is 1. The third-order valence-electron chi connectivity index (χ3n) is 5.83. The first-order valence-electron chi connectivity index (χ1n) is 10.4. The first-order valence-corrected chi connectivity index (χ1v) is 11.9. The van der Waals surface area contributed by atoms with Gasteiger partial charge in [0.2, 0.25) is 10.0 Å². The first kappa shape index (κ1) is 23.1. The van der Waals surface area contributed by atoms with E-state index < -0.39 is 27.1 Å². The molecule has 4 rings (SSSR count). The molecule has 0 saturated heterocycles. The van der Waals surface area contributed by atoms with Crippen molar-refractivity contribution in [2.75, 3.05) is 0 Å². The second-order valence-corrected chi connectivity index (χ2v) is 9.70. The minimum Gasteiger partial charge on any atom is -0.318 e. The summed E-state index contributed by atoms with van der Waals surface area (Å²) in [6, 6.07) is 1.94. The van der Waals surface area contributed by atoms with Gasteiger partial charge in [-0.3, -0.25) is 0 Å². The fourth-order valence-corrected chi connectivity index (χ4v) is 4.82. The minimum atomic E-state index is -4.73. The molecule has 3 heterocycles. The summed E-state index contributed by atoms with van der Waals surface area (Å²) in [5, 5.41) is 10.6. The van der Waals surface area contributed by atoms with E-state index in [0.717, 1.165) is 43.6 Å². The van der Waals surface area contributed by atoms with E-state index in [2.05, 4.69) is 21.0 Å². The van der Waals surface area contributed by atoms with Crippen LogP contribution in [0.1, 0.15) is 50.3 Å². The summed E-state index contributed by atoms with van der Waals surface area (Å²) in [5.74, 6) is 0.109. The zero-order valence-corrected chi connectivity index (χ0v) is 18.7. The predicted octanol–water partition coefficient (Wildman–Crippen LogP) is 3.88. The van der Waals surface area contributed by atoms with Crippen LogP contribution >= 0.6 is 0 Å². The normalized spacial score (nSPS) is 15.9. The van der Waals surface area contributed by atoms with Crippen LogP contribution in [-0.2, 0) is 16.4 Å². The second kappa shape index (κ2) is 8.39. The van der Waals surface area contributed by atoms with Crippen molar-refractivity contribution in [1.82, 2.24) is 24.2 Å². The summed E-state index contributed by atoms with van der Waals surface area (Å²) in [6.07, 6.45) is 2.47. The Morgan fingerprint density at radius 2 is 1.91 bits per heavy atom. The maximum Gasteiger partial charge on any atom is 0.404 e. The van der Waals surface area contributed by atoms with E-state index in [1.165, 1.54) is 0 Å². The molecule has 8 nitrogen and oxygen atoms in total. The average Bonchev–Trinajstić information content (AvgIpc) is 3.04. The number of nitriles is 1. The predicted molar refractivity (Wildman–Crippen MR) is 114 cm³/mol. The molecule has 1 aliphatic rings. The van der Waals surface area contributed by atoms with Crippen LogP contribution in [0.4, 0.5) is 13.2 Å². The highest BCUT2D eigenvalue weighted by Gasteiger charge is 2.39. The van der Waals surface area contributed by atoms with E-state index in [1.54, 1.807) is 10.9 Å². The number of halogens is 3. The number of alkyl halides is 3. The Hall–Kier alpha value is -3.04. The van der Waals surface area contributed by atoms with Crippen molar-refractivity contribution in [3.63, 3.8) is 0 Å². The van der Waals surface area contributed by atoms with Crippen molar-refractivity contribution in [3.8, 4) is 17.6 Å². The van der Waals surface area contributed by atoms with E-state index in [4.69, 9.17) is 0 Å². The van der Waals surface area contributed by atoms with Gasteiger partial charge in [0, 0.05) is 17.6 Å². The van der Waals surface area contributed by atoms with Crippen molar-refractivity contribution in [2.24, 2.45) is 0 Å².